The van der Waals surface area contributed by atoms with E-state index in [2.05, 4.69) is 20.8 Å². The number of rotatable bonds is 5. The number of aryl methyl sites for hydroxylation is 1. The summed E-state index contributed by atoms with van der Waals surface area (Å²) in [6.07, 6.45) is 0. The highest BCUT2D eigenvalue weighted by molar-refractivity contribution is 6.51. The van der Waals surface area contributed by atoms with Crippen LogP contribution in [0.25, 0.3) is 5.76 Å². The van der Waals surface area contributed by atoms with Gasteiger partial charge in [-0.2, -0.15) is 0 Å². The van der Waals surface area contributed by atoms with Gasteiger partial charge in [0.1, 0.15) is 11.5 Å². The number of ketones is 1. The van der Waals surface area contributed by atoms with Crippen LogP contribution in [-0.4, -0.2) is 34.5 Å². The molecule has 1 aliphatic heterocycles. The zero-order valence-corrected chi connectivity index (χ0v) is 22.1. The van der Waals surface area contributed by atoms with Gasteiger partial charge in [0.2, 0.25) is 0 Å². The lowest BCUT2D eigenvalue weighted by atomic mass is 9.84. The summed E-state index contributed by atoms with van der Waals surface area (Å²) in [6.45, 7) is 9.93. The first-order chi connectivity index (χ1) is 17.9. The van der Waals surface area contributed by atoms with E-state index in [-0.39, 0.29) is 29.1 Å². The standard InChI is InChI=1S/C31H31NO6/c1-6-38-30(37)20-8-13-22(14-9-20)32-26(19-10-15-23(33)16-11-19)25(28(35)29(32)36)27(34)24-17-21(31(3,4)5)12-7-18(24)2/h7-17,26,33-34H,6H2,1-5H3/b27-25+. The molecule has 0 aliphatic carbocycles. The molecule has 3 aromatic rings. The van der Waals surface area contributed by atoms with E-state index in [9.17, 15) is 24.6 Å². The van der Waals surface area contributed by atoms with E-state index in [4.69, 9.17) is 4.74 Å². The Kier molecular flexibility index (Phi) is 7.14. The largest absolute Gasteiger partial charge is 0.508 e. The molecule has 1 fully saturated rings. The van der Waals surface area contributed by atoms with E-state index in [0.29, 0.717) is 22.4 Å². The summed E-state index contributed by atoms with van der Waals surface area (Å²) in [5.41, 5.74) is 3.15. The summed E-state index contributed by atoms with van der Waals surface area (Å²) in [5, 5.41) is 21.4. The normalized spacial score (nSPS) is 17.1. The van der Waals surface area contributed by atoms with Crippen molar-refractivity contribution in [3.8, 4) is 5.75 Å². The molecular formula is C31H31NO6. The van der Waals surface area contributed by atoms with Crippen molar-refractivity contribution in [2.45, 2.75) is 46.1 Å². The molecule has 0 bridgehead atoms. The second-order valence-electron chi connectivity index (χ2n) is 10.3. The van der Waals surface area contributed by atoms with Crippen molar-refractivity contribution in [3.63, 3.8) is 0 Å². The molecule has 38 heavy (non-hydrogen) atoms. The number of ether oxygens (including phenoxy) is 1. The molecule has 4 rings (SSSR count). The fourth-order valence-electron chi connectivity index (χ4n) is 4.53. The van der Waals surface area contributed by atoms with Gasteiger partial charge in [-0.15, -0.1) is 0 Å². The number of phenolic OH excluding ortho intramolecular Hbond substituents is 1. The second kappa shape index (κ2) is 10.2. The predicted molar refractivity (Wildman–Crippen MR) is 145 cm³/mol. The van der Waals surface area contributed by atoms with Crippen molar-refractivity contribution in [3.05, 3.63) is 100 Å². The van der Waals surface area contributed by atoms with Crippen LogP contribution in [0.3, 0.4) is 0 Å². The maximum absolute atomic E-state index is 13.5. The molecule has 2 N–H and O–H groups in total. The lowest BCUT2D eigenvalue weighted by Gasteiger charge is -2.26. The molecule has 7 nitrogen and oxygen atoms in total. The van der Waals surface area contributed by atoms with Gasteiger partial charge >= 0.3 is 5.97 Å². The van der Waals surface area contributed by atoms with Gasteiger partial charge in [-0.25, -0.2) is 4.79 Å². The lowest BCUT2D eigenvalue weighted by Crippen LogP contribution is -2.29. The minimum Gasteiger partial charge on any atom is -0.508 e. The molecule has 196 valence electrons. The third kappa shape index (κ3) is 4.92. The molecule has 1 saturated heterocycles. The first kappa shape index (κ1) is 26.7. The summed E-state index contributed by atoms with van der Waals surface area (Å²) in [4.78, 5) is 40.3. The molecule has 0 radical (unpaired) electrons. The van der Waals surface area contributed by atoms with Crippen LogP contribution in [0.4, 0.5) is 5.69 Å². The highest BCUT2D eigenvalue weighted by Gasteiger charge is 2.47. The van der Waals surface area contributed by atoms with E-state index in [1.165, 1.54) is 29.2 Å². The summed E-state index contributed by atoms with van der Waals surface area (Å²) in [5.74, 6) is -2.37. The number of esters is 1. The zero-order chi connectivity index (χ0) is 27.8. The highest BCUT2D eigenvalue weighted by atomic mass is 16.5. The van der Waals surface area contributed by atoms with Crippen LogP contribution in [0.5, 0.6) is 5.75 Å². The third-order valence-electron chi connectivity index (χ3n) is 6.67. The molecular weight excluding hydrogens is 482 g/mol. The Labute approximate surface area is 222 Å². The number of nitrogens with zero attached hydrogens (tertiary/aromatic N) is 1. The number of phenols is 1. The van der Waals surface area contributed by atoms with Crippen LogP contribution < -0.4 is 4.90 Å². The fourth-order valence-corrected chi connectivity index (χ4v) is 4.53. The van der Waals surface area contributed by atoms with Gasteiger partial charge in [0.15, 0.2) is 0 Å². The van der Waals surface area contributed by atoms with Crippen LogP contribution in [0.1, 0.15) is 66.3 Å². The predicted octanol–water partition coefficient (Wildman–Crippen LogP) is 5.80. The number of aliphatic hydroxyl groups is 1. The Balaban J connectivity index is 1.91. The van der Waals surface area contributed by atoms with Crippen LogP contribution in [0.2, 0.25) is 0 Å². The Morgan fingerprint density at radius 1 is 0.974 bits per heavy atom. The average Bonchev–Trinajstić information content (AvgIpc) is 3.14. The number of hydrogen-bond donors (Lipinski definition) is 2. The second-order valence-corrected chi connectivity index (χ2v) is 10.3. The van der Waals surface area contributed by atoms with Gasteiger partial charge in [0.05, 0.1) is 23.8 Å². The van der Waals surface area contributed by atoms with Gasteiger partial charge in [-0.3, -0.25) is 14.5 Å². The van der Waals surface area contributed by atoms with Crippen molar-refractivity contribution in [2.24, 2.45) is 0 Å². The maximum Gasteiger partial charge on any atom is 0.338 e. The Bertz CT molecular complexity index is 1430. The molecule has 0 aromatic heterocycles. The van der Waals surface area contributed by atoms with Crippen LogP contribution in [0.15, 0.2) is 72.3 Å². The average molecular weight is 514 g/mol. The number of aliphatic hydroxyl groups excluding tert-OH is 1. The number of amides is 1. The quantitative estimate of drug-likeness (QED) is 0.193. The fraction of sp³-hybridized carbons (Fsp3) is 0.258. The molecule has 1 amide bonds. The minimum absolute atomic E-state index is 0.0261. The number of carbonyl (C=O) groups is 3. The smallest absolute Gasteiger partial charge is 0.338 e. The van der Waals surface area contributed by atoms with Crippen molar-refractivity contribution < 1.29 is 29.3 Å². The van der Waals surface area contributed by atoms with E-state index in [1.807, 2.05) is 25.1 Å². The molecule has 7 heteroatoms. The van der Waals surface area contributed by atoms with E-state index >= 15 is 0 Å². The molecule has 1 atom stereocenters. The Morgan fingerprint density at radius 2 is 1.61 bits per heavy atom. The maximum atomic E-state index is 13.5. The summed E-state index contributed by atoms with van der Waals surface area (Å²) in [6, 6.07) is 17.1. The highest BCUT2D eigenvalue weighted by Crippen LogP contribution is 2.43. The number of hydrogen-bond acceptors (Lipinski definition) is 6. The first-order valence-electron chi connectivity index (χ1n) is 12.4. The third-order valence-corrected chi connectivity index (χ3v) is 6.67. The monoisotopic (exact) mass is 513 g/mol. The van der Waals surface area contributed by atoms with Gasteiger partial charge in [0.25, 0.3) is 11.7 Å². The Hall–Kier alpha value is -4.39. The molecule has 3 aromatic carbocycles. The summed E-state index contributed by atoms with van der Waals surface area (Å²) >= 11 is 0. The van der Waals surface area contributed by atoms with E-state index in [1.54, 1.807) is 31.2 Å². The molecule has 0 spiro atoms. The molecule has 0 saturated carbocycles. The van der Waals surface area contributed by atoms with Gasteiger partial charge < -0.3 is 14.9 Å². The van der Waals surface area contributed by atoms with Crippen molar-refractivity contribution >= 4 is 29.1 Å². The summed E-state index contributed by atoms with van der Waals surface area (Å²) < 4.78 is 5.04. The van der Waals surface area contributed by atoms with E-state index < -0.39 is 23.7 Å². The van der Waals surface area contributed by atoms with Crippen LogP contribution >= 0.6 is 0 Å². The van der Waals surface area contributed by atoms with Gasteiger partial charge in [-0.05, 0) is 78.4 Å². The van der Waals surface area contributed by atoms with Gasteiger partial charge in [-0.1, -0.05) is 45.0 Å². The van der Waals surface area contributed by atoms with Crippen molar-refractivity contribution in [2.75, 3.05) is 11.5 Å². The van der Waals surface area contributed by atoms with Crippen LogP contribution in [0, 0.1) is 6.92 Å². The molecule has 1 aliphatic rings. The minimum atomic E-state index is -0.957. The first-order valence-corrected chi connectivity index (χ1v) is 12.4. The number of carbonyl (C=O) groups excluding carboxylic acids is 3. The van der Waals surface area contributed by atoms with Crippen LogP contribution in [-0.2, 0) is 19.7 Å². The van der Waals surface area contributed by atoms with Crippen molar-refractivity contribution in [1.29, 1.82) is 0 Å². The topological polar surface area (TPSA) is 104 Å². The number of aromatic hydroxyl groups is 1. The number of benzene rings is 3. The SMILES string of the molecule is CCOC(=O)c1ccc(N2C(=O)C(=O)/C(=C(/O)c3cc(C(C)(C)C)ccc3C)C2c2ccc(O)cc2)cc1. The van der Waals surface area contributed by atoms with E-state index in [0.717, 1.165) is 11.1 Å². The summed E-state index contributed by atoms with van der Waals surface area (Å²) in [7, 11) is 0. The Morgan fingerprint density at radius 3 is 2.18 bits per heavy atom. The lowest BCUT2D eigenvalue weighted by molar-refractivity contribution is -0.132. The molecule has 1 heterocycles. The number of Topliss-reactive ketones (excluding diaryl/α,β-unsaturated/α-hetero) is 1. The zero-order valence-electron chi connectivity index (χ0n) is 22.1. The van der Waals surface area contributed by atoms with Gasteiger partial charge in [0, 0.05) is 11.3 Å². The molecule has 1 unspecified atom stereocenters. The van der Waals surface area contributed by atoms with Crippen molar-refractivity contribution in [1.82, 2.24) is 0 Å². The number of anilines is 1.